The number of ether oxygens (including phenoxy) is 3. The standard InChI is InChI=1S/C29H35FN2O6.ClH/c1-17(2)38-27(33)24-18(3)31-19(4)29(28(34)35,13-14-32(5)15-20-9-11-21(30)12-10-20)25(24)22-7-6-8-23-26(22)37-16-36-23;/h6-12,17,19,25,31H,13-16H2,1-5H3,(H,34,35);1H. The van der Waals surface area contributed by atoms with E-state index in [0.717, 1.165) is 5.56 Å². The van der Waals surface area contributed by atoms with Gasteiger partial charge >= 0.3 is 11.9 Å². The maximum Gasteiger partial charge on any atom is 0.336 e. The molecule has 3 unspecified atom stereocenters. The summed E-state index contributed by atoms with van der Waals surface area (Å²) < 4.78 is 30.4. The first-order valence-corrected chi connectivity index (χ1v) is 12.8. The maximum atomic E-state index is 13.5. The van der Waals surface area contributed by atoms with E-state index in [-0.39, 0.29) is 43.1 Å². The summed E-state index contributed by atoms with van der Waals surface area (Å²) in [6, 6.07) is 11.0. The highest BCUT2D eigenvalue weighted by atomic mass is 35.5. The lowest BCUT2D eigenvalue weighted by Gasteiger charge is -2.47. The number of carboxylic acid groups (broad SMARTS) is 1. The van der Waals surface area contributed by atoms with Crippen LogP contribution in [0.5, 0.6) is 11.5 Å². The second-order valence-corrected chi connectivity index (χ2v) is 10.3. The average molecular weight is 563 g/mol. The fraction of sp³-hybridized carbons (Fsp3) is 0.448. The number of allylic oxidation sites excluding steroid dienone is 1. The summed E-state index contributed by atoms with van der Waals surface area (Å²) in [5.41, 5.74) is 0.897. The van der Waals surface area contributed by atoms with Crippen LogP contribution >= 0.6 is 12.4 Å². The molecule has 0 radical (unpaired) electrons. The lowest BCUT2D eigenvalue weighted by atomic mass is 9.60. The normalized spacial score (nSPS) is 21.9. The Kier molecular flexibility index (Phi) is 9.51. The third-order valence-corrected chi connectivity index (χ3v) is 7.39. The molecule has 4 rings (SSSR count). The summed E-state index contributed by atoms with van der Waals surface area (Å²) in [5.74, 6) is -1.82. The second kappa shape index (κ2) is 12.3. The van der Waals surface area contributed by atoms with Gasteiger partial charge in [0.1, 0.15) is 11.2 Å². The van der Waals surface area contributed by atoms with E-state index in [0.29, 0.717) is 35.8 Å². The van der Waals surface area contributed by atoms with Gasteiger partial charge in [-0.15, -0.1) is 12.4 Å². The molecule has 2 aliphatic rings. The quantitative estimate of drug-likeness (QED) is 0.418. The molecule has 0 saturated carbocycles. The van der Waals surface area contributed by atoms with Gasteiger partial charge in [-0.2, -0.15) is 0 Å². The van der Waals surface area contributed by atoms with Gasteiger partial charge in [-0.05, 0) is 71.5 Å². The predicted molar refractivity (Wildman–Crippen MR) is 146 cm³/mol. The molecule has 0 aromatic heterocycles. The zero-order valence-electron chi connectivity index (χ0n) is 22.8. The molecule has 2 N–H and O–H groups in total. The molecular weight excluding hydrogens is 527 g/mol. The number of carbonyl (C=O) groups excluding carboxylic acids is 1. The Balaban J connectivity index is 0.00000420. The van der Waals surface area contributed by atoms with E-state index in [2.05, 4.69) is 5.32 Å². The van der Waals surface area contributed by atoms with Crippen molar-refractivity contribution in [1.82, 2.24) is 10.2 Å². The summed E-state index contributed by atoms with van der Waals surface area (Å²) in [7, 11) is 1.89. The molecule has 2 heterocycles. The van der Waals surface area contributed by atoms with Crippen LogP contribution in [0.4, 0.5) is 4.39 Å². The van der Waals surface area contributed by atoms with Gasteiger partial charge < -0.3 is 29.5 Å². The van der Waals surface area contributed by atoms with E-state index < -0.39 is 29.3 Å². The first-order valence-electron chi connectivity index (χ1n) is 12.8. The van der Waals surface area contributed by atoms with E-state index >= 15 is 0 Å². The number of hydrogen-bond donors (Lipinski definition) is 2. The zero-order chi connectivity index (χ0) is 27.6. The zero-order valence-corrected chi connectivity index (χ0v) is 23.6. The number of nitrogens with one attached hydrogen (secondary N) is 1. The third-order valence-electron chi connectivity index (χ3n) is 7.39. The molecule has 8 nitrogen and oxygen atoms in total. The minimum Gasteiger partial charge on any atom is -0.481 e. The lowest BCUT2D eigenvalue weighted by molar-refractivity contribution is -0.154. The second-order valence-electron chi connectivity index (χ2n) is 10.3. The number of hydrogen-bond acceptors (Lipinski definition) is 7. The number of carbonyl (C=O) groups is 2. The molecule has 39 heavy (non-hydrogen) atoms. The SMILES string of the molecule is CC1=C(C(=O)OC(C)C)C(c2cccc3c2OCO3)C(CCN(C)Cc2ccc(F)cc2)(C(=O)O)C(C)N1.Cl. The molecule has 2 aromatic carbocycles. The minimum atomic E-state index is -1.43. The van der Waals surface area contributed by atoms with Gasteiger partial charge in [0.05, 0.1) is 11.7 Å². The van der Waals surface area contributed by atoms with Crippen molar-refractivity contribution in [2.45, 2.75) is 58.7 Å². The summed E-state index contributed by atoms with van der Waals surface area (Å²) in [6.07, 6.45) is -0.167. The third kappa shape index (κ3) is 5.99. The van der Waals surface area contributed by atoms with Gasteiger partial charge in [0.25, 0.3) is 0 Å². The number of aliphatic carboxylic acids is 1. The molecule has 0 spiro atoms. The Morgan fingerprint density at radius 1 is 1.21 bits per heavy atom. The Morgan fingerprint density at radius 3 is 2.54 bits per heavy atom. The predicted octanol–water partition coefficient (Wildman–Crippen LogP) is 4.87. The summed E-state index contributed by atoms with van der Waals surface area (Å²) in [6.45, 7) is 8.05. The molecule has 212 valence electrons. The number of halogens is 2. The first-order chi connectivity index (χ1) is 18.0. The summed E-state index contributed by atoms with van der Waals surface area (Å²) in [4.78, 5) is 28.8. The highest BCUT2D eigenvalue weighted by Gasteiger charge is 2.57. The molecule has 0 saturated heterocycles. The largest absolute Gasteiger partial charge is 0.481 e. The van der Waals surface area contributed by atoms with Crippen molar-refractivity contribution in [3.05, 3.63) is 70.7 Å². The smallest absolute Gasteiger partial charge is 0.336 e. The number of carboxylic acids is 1. The highest BCUT2D eigenvalue weighted by Crippen LogP contribution is 2.54. The van der Waals surface area contributed by atoms with Crippen molar-refractivity contribution in [2.24, 2.45) is 5.41 Å². The number of esters is 1. The van der Waals surface area contributed by atoms with Gasteiger partial charge in [0.15, 0.2) is 11.5 Å². The Labute approximate surface area is 234 Å². The number of nitrogens with zero attached hydrogens (tertiary/aromatic N) is 1. The van der Waals surface area contributed by atoms with Crippen LogP contribution in [0.2, 0.25) is 0 Å². The summed E-state index contributed by atoms with van der Waals surface area (Å²) >= 11 is 0. The van der Waals surface area contributed by atoms with Crippen LogP contribution in [0.1, 0.15) is 51.2 Å². The Hall–Kier alpha value is -3.30. The Morgan fingerprint density at radius 2 is 1.90 bits per heavy atom. The van der Waals surface area contributed by atoms with Crippen LogP contribution in [0.15, 0.2) is 53.7 Å². The van der Waals surface area contributed by atoms with Crippen LogP contribution in [0.25, 0.3) is 0 Å². The first kappa shape index (κ1) is 30.2. The molecule has 2 aromatic rings. The fourth-order valence-electron chi connectivity index (χ4n) is 5.55. The molecule has 0 bridgehead atoms. The van der Waals surface area contributed by atoms with Crippen molar-refractivity contribution in [3.63, 3.8) is 0 Å². The molecule has 0 fully saturated rings. The van der Waals surface area contributed by atoms with Crippen molar-refractivity contribution >= 4 is 24.3 Å². The summed E-state index contributed by atoms with van der Waals surface area (Å²) in [5, 5.41) is 14.2. The van der Waals surface area contributed by atoms with Crippen molar-refractivity contribution in [2.75, 3.05) is 20.4 Å². The van der Waals surface area contributed by atoms with Crippen molar-refractivity contribution in [1.29, 1.82) is 0 Å². The molecule has 0 aliphatic carbocycles. The highest BCUT2D eigenvalue weighted by molar-refractivity contribution is 5.95. The Bertz CT molecular complexity index is 1230. The van der Waals surface area contributed by atoms with Gasteiger partial charge in [-0.25, -0.2) is 9.18 Å². The fourth-order valence-corrected chi connectivity index (χ4v) is 5.55. The number of benzene rings is 2. The van der Waals surface area contributed by atoms with Gasteiger partial charge in [0, 0.05) is 29.8 Å². The maximum absolute atomic E-state index is 13.5. The minimum absolute atomic E-state index is 0. The molecular formula is C29H36ClFN2O6. The van der Waals surface area contributed by atoms with E-state index in [9.17, 15) is 19.1 Å². The van der Waals surface area contributed by atoms with Gasteiger partial charge in [0.2, 0.25) is 6.79 Å². The molecule has 10 heteroatoms. The lowest BCUT2D eigenvalue weighted by Crippen LogP contribution is -2.57. The van der Waals surface area contributed by atoms with Crippen molar-refractivity contribution < 1.29 is 33.3 Å². The monoisotopic (exact) mass is 562 g/mol. The average Bonchev–Trinajstić information content (AvgIpc) is 3.33. The molecule has 3 atom stereocenters. The van der Waals surface area contributed by atoms with E-state index in [4.69, 9.17) is 14.2 Å². The van der Waals surface area contributed by atoms with E-state index in [1.807, 2.05) is 18.9 Å². The number of rotatable bonds is 9. The van der Waals surface area contributed by atoms with Gasteiger partial charge in [-0.3, -0.25) is 4.79 Å². The van der Waals surface area contributed by atoms with Crippen LogP contribution in [-0.2, 0) is 20.9 Å². The van der Waals surface area contributed by atoms with Gasteiger partial charge in [-0.1, -0.05) is 24.3 Å². The van der Waals surface area contributed by atoms with Crippen molar-refractivity contribution in [3.8, 4) is 11.5 Å². The van der Waals surface area contributed by atoms with E-state index in [1.54, 1.807) is 51.1 Å². The number of para-hydroxylation sites is 1. The number of fused-ring (bicyclic) bond motifs is 1. The van der Waals surface area contributed by atoms with E-state index in [1.165, 1.54) is 12.1 Å². The van der Waals surface area contributed by atoms with Crippen LogP contribution in [0.3, 0.4) is 0 Å². The molecule has 0 amide bonds. The van der Waals surface area contributed by atoms with Crippen LogP contribution in [-0.4, -0.2) is 54.5 Å². The topological polar surface area (TPSA) is 97.3 Å². The van der Waals surface area contributed by atoms with Crippen LogP contribution < -0.4 is 14.8 Å². The van der Waals surface area contributed by atoms with Crippen LogP contribution in [0, 0.1) is 11.2 Å². The molecule has 2 aliphatic heterocycles.